The summed E-state index contributed by atoms with van der Waals surface area (Å²) in [5.74, 6) is 0.683. The number of aryl methyl sites for hydroxylation is 1. The molecule has 1 saturated carbocycles. The number of nitrogens with zero attached hydrogens (tertiary/aromatic N) is 2. The molecule has 228 valence electrons. The van der Waals surface area contributed by atoms with E-state index in [0.717, 1.165) is 68.9 Å². The molecule has 0 spiro atoms. The average molecular weight is 576 g/mol. The Morgan fingerprint density at radius 2 is 1.79 bits per heavy atom. The maximum absolute atomic E-state index is 14.1. The number of hydrogen-bond donors (Lipinski definition) is 1. The van der Waals surface area contributed by atoms with E-state index in [-0.39, 0.29) is 35.7 Å². The number of unbranched alkanes of at least 4 members (excludes halogenated alkanes) is 1. The molecule has 0 bridgehead atoms. The van der Waals surface area contributed by atoms with Crippen molar-refractivity contribution in [3.63, 3.8) is 0 Å². The first-order chi connectivity index (χ1) is 20.4. The molecule has 2 fully saturated rings. The van der Waals surface area contributed by atoms with Crippen molar-refractivity contribution < 1.29 is 19.1 Å². The minimum Gasteiger partial charge on any atom is -0.497 e. The summed E-state index contributed by atoms with van der Waals surface area (Å²) in [5.41, 5.74) is 2.82. The molecule has 1 heterocycles. The molecule has 2 aromatic rings. The summed E-state index contributed by atoms with van der Waals surface area (Å²) >= 11 is 0. The molecule has 1 aliphatic carbocycles. The Balaban J connectivity index is 1.55. The predicted octanol–water partition coefficient (Wildman–Crippen LogP) is 6.28. The molecule has 1 aliphatic heterocycles. The van der Waals surface area contributed by atoms with E-state index in [1.165, 1.54) is 0 Å². The Kier molecular flexibility index (Phi) is 11.4. The Morgan fingerprint density at radius 3 is 2.48 bits per heavy atom. The number of ether oxygens (including phenoxy) is 1. The van der Waals surface area contributed by atoms with Gasteiger partial charge in [0.15, 0.2) is 0 Å². The molecular formula is C35H49N3O4. The van der Waals surface area contributed by atoms with E-state index in [0.29, 0.717) is 30.8 Å². The number of likely N-dealkylation sites (tertiary alicyclic amines) is 1. The van der Waals surface area contributed by atoms with Crippen LogP contribution in [0, 0.1) is 12.8 Å². The van der Waals surface area contributed by atoms with Gasteiger partial charge in [-0.1, -0.05) is 69.4 Å². The van der Waals surface area contributed by atoms with Crippen molar-refractivity contribution in [3.8, 4) is 5.75 Å². The predicted molar refractivity (Wildman–Crippen MR) is 166 cm³/mol. The summed E-state index contributed by atoms with van der Waals surface area (Å²) < 4.78 is 5.31. The molecule has 7 heteroatoms. The Bertz CT molecular complexity index is 1200. The van der Waals surface area contributed by atoms with Crippen LogP contribution in [0.1, 0.15) is 99.5 Å². The van der Waals surface area contributed by atoms with Crippen LogP contribution in [-0.2, 0) is 16.1 Å². The van der Waals surface area contributed by atoms with Gasteiger partial charge in [-0.05, 0) is 75.3 Å². The second-order valence-electron chi connectivity index (χ2n) is 12.1. The molecule has 0 radical (unpaired) electrons. The summed E-state index contributed by atoms with van der Waals surface area (Å²) in [6.45, 7) is 7.38. The number of carbonyl (C=O) groups excluding carboxylic acids is 3. The summed E-state index contributed by atoms with van der Waals surface area (Å²) in [6.07, 6.45) is 8.93. The van der Waals surface area contributed by atoms with E-state index in [1.54, 1.807) is 7.11 Å². The quantitative estimate of drug-likeness (QED) is 0.323. The third kappa shape index (κ3) is 7.73. The maximum Gasteiger partial charge on any atom is 0.254 e. The fourth-order valence-electron chi connectivity index (χ4n) is 6.67. The number of benzene rings is 2. The van der Waals surface area contributed by atoms with Gasteiger partial charge < -0.3 is 19.9 Å². The molecule has 4 atom stereocenters. The molecular weight excluding hydrogens is 526 g/mol. The van der Waals surface area contributed by atoms with Crippen LogP contribution in [0.15, 0.2) is 48.5 Å². The van der Waals surface area contributed by atoms with Gasteiger partial charge in [-0.25, -0.2) is 0 Å². The summed E-state index contributed by atoms with van der Waals surface area (Å²) in [5, 5.41) is 3.35. The number of rotatable bonds is 12. The van der Waals surface area contributed by atoms with Gasteiger partial charge in [0.2, 0.25) is 11.8 Å². The van der Waals surface area contributed by atoms with E-state index < -0.39 is 6.04 Å². The fraction of sp³-hybridized carbons (Fsp3) is 0.571. The maximum atomic E-state index is 14.1. The SMILES string of the molecule is CCCC[C@H](CC)C(=O)N1CCC[C@H]1C(=O)N[C@@H]1CCCC[C@H]1N(Cc1cccc(C)c1)C(=O)c1ccc(OC)cc1. The third-order valence-electron chi connectivity index (χ3n) is 9.08. The highest BCUT2D eigenvalue weighted by molar-refractivity contribution is 5.95. The van der Waals surface area contributed by atoms with Gasteiger partial charge in [-0.15, -0.1) is 0 Å². The van der Waals surface area contributed by atoms with Gasteiger partial charge in [0.25, 0.3) is 5.91 Å². The first-order valence-electron chi connectivity index (χ1n) is 16.0. The van der Waals surface area contributed by atoms with Gasteiger partial charge in [0.1, 0.15) is 11.8 Å². The first-order valence-corrected chi connectivity index (χ1v) is 16.0. The zero-order valence-corrected chi connectivity index (χ0v) is 25.9. The molecule has 1 N–H and O–H groups in total. The molecule has 42 heavy (non-hydrogen) atoms. The smallest absolute Gasteiger partial charge is 0.254 e. The van der Waals surface area contributed by atoms with E-state index in [9.17, 15) is 14.4 Å². The lowest BCUT2D eigenvalue weighted by atomic mass is 9.88. The lowest BCUT2D eigenvalue weighted by Crippen LogP contribution is -2.58. The minimum absolute atomic E-state index is 0.0206. The monoisotopic (exact) mass is 575 g/mol. The van der Waals surface area contributed by atoms with Crippen molar-refractivity contribution in [2.75, 3.05) is 13.7 Å². The van der Waals surface area contributed by atoms with Gasteiger partial charge in [-0.3, -0.25) is 14.4 Å². The Labute approximate surface area is 252 Å². The topological polar surface area (TPSA) is 79.0 Å². The van der Waals surface area contributed by atoms with Crippen molar-refractivity contribution in [2.45, 2.75) is 110 Å². The molecule has 7 nitrogen and oxygen atoms in total. The second-order valence-corrected chi connectivity index (χ2v) is 12.1. The van der Waals surface area contributed by atoms with Gasteiger partial charge in [0.05, 0.1) is 13.2 Å². The number of hydrogen-bond acceptors (Lipinski definition) is 4. The second kappa shape index (κ2) is 15.2. The van der Waals surface area contributed by atoms with Gasteiger partial charge in [-0.2, -0.15) is 0 Å². The first kappa shape index (κ1) is 31.6. The van der Waals surface area contributed by atoms with Crippen LogP contribution < -0.4 is 10.1 Å². The highest BCUT2D eigenvalue weighted by Crippen LogP contribution is 2.29. The summed E-state index contributed by atoms with van der Waals surface area (Å²) in [7, 11) is 1.61. The van der Waals surface area contributed by atoms with E-state index in [1.807, 2.05) is 40.1 Å². The minimum atomic E-state index is -0.432. The summed E-state index contributed by atoms with van der Waals surface area (Å²) in [4.78, 5) is 45.1. The van der Waals surface area contributed by atoms with Gasteiger partial charge >= 0.3 is 0 Å². The molecule has 1 saturated heterocycles. The Hall–Kier alpha value is -3.35. The lowest BCUT2D eigenvalue weighted by Gasteiger charge is -2.41. The van der Waals surface area contributed by atoms with Crippen molar-refractivity contribution in [1.29, 1.82) is 0 Å². The van der Waals surface area contributed by atoms with Crippen molar-refractivity contribution >= 4 is 17.7 Å². The van der Waals surface area contributed by atoms with Crippen LogP contribution in [0.2, 0.25) is 0 Å². The largest absolute Gasteiger partial charge is 0.497 e. The van der Waals surface area contributed by atoms with Crippen molar-refractivity contribution in [2.24, 2.45) is 5.92 Å². The number of amides is 3. The summed E-state index contributed by atoms with van der Waals surface area (Å²) in [6, 6.07) is 14.8. The normalized spacial score (nSPS) is 21.0. The zero-order chi connectivity index (χ0) is 30.1. The molecule has 2 aromatic carbocycles. The van der Waals surface area contributed by atoms with Crippen LogP contribution in [0.3, 0.4) is 0 Å². The highest BCUT2D eigenvalue weighted by atomic mass is 16.5. The molecule has 3 amide bonds. The van der Waals surface area contributed by atoms with Gasteiger partial charge in [0, 0.05) is 30.6 Å². The lowest BCUT2D eigenvalue weighted by molar-refractivity contribution is -0.142. The Morgan fingerprint density at radius 1 is 1.02 bits per heavy atom. The molecule has 2 aliphatic rings. The standard InChI is InChI=1S/C35H49N3O4/c1-5-7-14-27(6-2)34(40)37-22-11-17-32(37)33(39)36-30-15-8-9-16-31(30)38(24-26-13-10-12-25(3)23-26)35(41)28-18-20-29(42-4)21-19-28/h10,12-13,18-21,23,27,30-32H,5-9,11,14-17,22,24H2,1-4H3,(H,36,39)/t27-,30+,31+,32-/m0/s1. The van der Waals surface area contributed by atoms with Crippen LogP contribution in [0.5, 0.6) is 5.75 Å². The number of carbonyl (C=O) groups is 3. The van der Waals surface area contributed by atoms with E-state index >= 15 is 0 Å². The average Bonchev–Trinajstić information content (AvgIpc) is 3.51. The molecule has 4 rings (SSSR count). The van der Waals surface area contributed by atoms with Crippen LogP contribution in [0.25, 0.3) is 0 Å². The van der Waals surface area contributed by atoms with E-state index in [4.69, 9.17) is 4.74 Å². The molecule has 0 unspecified atom stereocenters. The van der Waals surface area contributed by atoms with Crippen molar-refractivity contribution in [1.82, 2.24) is 15.1 Å². The van der Waals surface area contributed by atoms with Crippen molar-refractivity contribution in [3.05, 3.63) is 65.2 Å². The molecule has 0 aromatic heterocycles. The fourth-order valence-corrected chi connectivity index (χ4v) is 6.67. The van der Waals surface area contributed by atoms with E-state index in [2.05, 4.69) is 44.3 Å². The van der Waals surface area contributed by atoms with Crippen LogP contribution >= 0.6 is 0 Å². The zero-order valence-electron chi connectivity index (χ0n) is 25.9. The highest BCUT2D eigenvalue weighted by Gasteiger charge is 2.40. The number of methoxy groups -OCH3 is 1. The number of nitrogens with one attached hydrogen (secondary N) is 1. The van der Waals surface area contributed by atoms with Crippen LogP contribution in [0.4, 0.5) is 0 Å². The third-order valence-corrected chi connectivity index (χ3v) is 9.08. The van der Waals surface area contributed by atoms with Crippen LogP contribution in [-0.4, -0.2) is 59.3 Å².